The number of hydrogen-bond donors (Lipinski definition) is 1. The summed E-state index contributed by atoms with van der Waals surface area (Å²) in [6.45, 7) is 0.639. The van der Waals surface area contributed by atoms with Crippen molar-refractivity contribution in [2.75, 3.05) is 6.54 Å². The number of aliphatic hydroxyl groups excluding tert-OH is 1. The first kappa shape index (κ1) is 14.2. The smallest absolute Gasteiger partial charge is 0.227 e. The van der Waals surface area contributed by atoms with E-state index in [4.69, 9.17) is 0 Å². The van der Waals surface area contributed by atoms with Crippen molar-refractivity contribution < 1.29 is 9.90 Å². The minimum absolute atomic E-state index is 0.101. The zero-order valence-corrected chi connectivity index (χ0v) is 12.5. The molecular weight excluding hydrogens is 284 g/mol. The SMILES string of the molecule is O=C(Cc1ccsc1)N1CC[C@@H](O)[C@@H]1Cc1ccncc1. The number of likely N-dealkylation sites (tertiary alicyclic amines) is 1. The van der Waals surface area contributed by atoms with Gasteiger partial charge in [0, 0.05) is 18.9 Å². The summed E-state index contributed by atoms with van der Waals surface area (Å²) in [4.78, 5) is 18.3. The number of rotatable bonds is 4. The van der Waals surface area contributed by atoms with Gasteiger partial charge < -0.3 is 10.0 Å². The third kappa shape index (κ3) is 3.31. The van der Waals surface area contributed by atoms with E-state index in [0.29, 0.717) is 25.8 Å². The van der Waals surface area contributed by atoms with Crippen LogP contribution in [-0.4, -0.2) is 39.6 Å². The molecule has 2 aromatic rings. The summed E-state index contributed by atoms with van der Waals surface area (Å²) in [5.74, 6) is 0.101. The molecule has 4 nitrogen and oxygen atoms in total. The van der Waals surface area contributed by atoms with Crippen molar-refractivity contribution >= 4 is 17.2 Å². The van der Waals surface area contributed by atoms with Gasteiger partial charge in [0.05, 0.1) is 18.6 Å². The molecule has 0 spiro atoms. The molecule has 2 atom stereocenters. The highest BCUT2D eigenvalue weighted by molar-refractivity contribution is 7.07. The van der Waals surface area contributed by atoms with E-state index in [-0.39, 0.29) is 11.9 Å². The topological polar surface area (TPSA) is 53.4 Å². The summed E-state index contributed by atoms with van der Waals surface area (Å²) in [6.07, 6.45) is 4.81. The summed E-state index contributed by atoms with van der Waals surface area (Å²) in [7, 11) is 0. The van der Waals surface area contributed by atoms with Crippen LogP contribution in [0.25, 0.3) is 0 Å². The maximum absolute atomic E-state index is 12.5. The third-order valence-corrected chi connectivity index (χ3v) is 4.69. The van der Waals surface area contributed by atoms with E-state index in [1.807, 2.05) is 33.9 Å². The molecule has 5 heteroatoms. The standard InChI is InChI=1S/C16H18N2O2S/c19-15-3-7-18(16(20)10-13-4-8-21-11-13)14(15)9-12-1-5-17-6-2-12/h1-2,4-6,8,11,14-15,19H,3,7,9-10H2/t14-,15+/m0/s1. The second kappa shape index (κ2) is 6.37. The number of amides is 1. The summed E-state index contributed by atoms with van der Waals surface area (Å²) < 4.78 is 0. The van der Waals surface area contributed by atoms with Gasteiger partial charge in [-0.25, -0.2) is 0 Å². The lowest BCUT2D eigenvalue weighted by Gasteiger charge is -2.26. The van der Waals surface area contributed by atoms with E-state index in [1.54, 1.807) is 23.7 Å². The Morgan fingerprint density at radius 3 is 2.86 bits per heavy atom. The summed E-state index contributed by atoms with van der Waals surface area (Å²) in [6, 6.07) is 5.73. The van der Waals surface area contributed by atoms with Crippen LogP contribution in [0.5, 0.6) is 0 Å². The molecule has 1 saturated heterocycles. The Bertz CT molecular complexity index is 586. The van der Waals surface area contributed by atoms with Crippen molar-refractivity contribution in [1.82, 2.24) is 9.88 Å². The molecular formula is C16H18N2O2S. The van der Waals surface area contributed by atoms with E-state index < -0.39 is 6.10 Å². The van der Waals surface area contributed by atoms with Gasteiger partial charge in [-0.1, -0.05) is 0 Å². The Hall–Kier alpha value is -1.72. The Morgan fingerprint density at radius 1 is 1.33 bits per heavy atom. The highest BCUT2D eigenvalue weighted by Crippen LogP contribution is 2.23. The van der Waals surface area contributed by atoms with Crippen LogP contribution >= 0.6 is 11.3 Å². The average Bonchev–Trinajstić information content (AvgIpc) is 3.11. The van der Waals surface area contributed by atoms with Crippen molar-refractivity contribution in [3.63, 3.8) is 0 Å². The van der Waals surface area contributed by atoms with Gasteiger partial charge in [0.1, 0.15) is 0 Å². The molecule has 1 N–H and O–H groups in total. The molecule has 2 aromatic heterocycles. The second-order valence-corrected chi connectivity index (χ2v) is 6.16. The van der Waals surface area contributed by atoms with Gasteiger partial charge >= 0.3 is 0 Å². The van der Waals surface area contributed by atoms with Gasteiger partial charge in [-0.2, -0.15) is 11.3 Å². The maximum atomic E-state index is 12.5. The Kier molecular flexibility index (Phi) is 4.31. The maximum Gasteiger partial charge on any atom is 0.227 e. The zero-order valence-electron chi connectivity index (χ0n) is 11.7. The molecule has 1 amide bonds. The Morgan fingerprint density at radius 2 is 2.14 bits per heavy atom. The van der Waals surface area contributed by atoms with Crippen molar-refractivity contribution in [1.29, 1.82) is 0 Å². The monoisotopic (exact) mass is 302 g/mol. The van der Waals surface area contributed by atoms with Gasteiger partial charge in [0.2, 0.25) is 5.91 Å². The van der Waals surface area contributed by atoms with Crippen LogP contribution in [0.2, 0.25) is 0 Å². The number of thiophene rings is 1. The molecule has 1 aliphatic heterocycles. The predicted molar refractivity (Wildman–Crippen MR) is 82.1 cm³/mol. The number of pyridine rings is 1. The average molecular weight is 302 g/mol. The largest absolute Gasteiger partial charge is 0.391 e. The third-order valence-electron chi connectivity index (χ3n) is 3.96. The summed E-state index contributed by atoms with van der Waals surface area (Å²) in [5.41, 5.74) is 2.15. The van der Waals surface area contributed by atoms with Gasteiger partial charge in [0.25, 0.3) is 0 Å². The molecule has 0 aliphatic carbocycles. The molecule has 1 aliphatic rings. The number of aliphatic hydroxyl groups is 1. The van der Waals surface area contributed by atoms with Crippen molar-refractivity contribution in [2.24, 2.45) is 0 Å². The molecule has 3 rings (SSSR count). The normalized spacial score (nSPS) is 21.7. The number of carbonyl (C=O) groups excluding carboxylic acids is 1. The molecule has 21 heavy (non-hydrogen) atoms. The van der Waals surface area contributed by atoms with Crippen molar-refractivity contribution in [3.8, 4) is 0 Å². The van der Waals surface area contributed by atoms with E-state index in [2.05, 4.69) is 4.98 Å². The molecule has 3 heterocycles. The first-order valence-corrected chi connectivity index (χ1v) is 8.06. The van der Waals surface area contributed by atoms with Gasteiger partial charge in [-0.05, 0) is 52.9 Å². The fourth-order valence-corrected chi connectivity index (χ4v) is 3.49. The highest BCUT2D eigenvalue weighted by Gasteiger charge is 2.35. The Balaban J connectivity index is 1.70. The minimum atomic E-state index is -0.440. The predicted octanol–water partition coefficient (Wildman–Crippen LogP) is 1.89. The minimum Gasteiger partial charge on any atom is -0.391 e. The lowest BCUT2D eigenvalue weighted by molar-refractivity contribution is -0.132. The second-order valence-electron chi connectivity index (χ2n) is 5.38. The van der Waals surface area contributed by atoms with Crippen LogP contribution in [0.3, 0.4) is 0 Å². The lowest BCUT2D eigenvalue weighted by Crippen LogP contribution is -2.41. The fraction of sp³-hybridized carbons (Fsp3) is 0.375. The van der Waals surface area contributed by atoms with Crippen molar-refractivity contribution in [3.05, 3.63) is 52.5 Å². The first-order chi connectivity index (χ1) is 10.2. The van der Waals surface area contributed by atoms with Gasteiger partial charge in [-0.15, -0.1) is 0 Å². The van der Waals surface area contributed by atoms with E-state index in [9.17, 15) is 9.90 Å². The molecule has 0 radical (unpaired) electrons. The number of carbonyl (C=O) groups is 1. The Labute approximate surface area is 128 Å². The quantitative estimate of drug-likeness (QED) is 0.938. The zero-order chi connectivity index (χ0) is 14.7. The van der Waals surface area contributed by atoms with E-state index in [1.165, 1.54) is 0 Å². The van der Waals surface area contributed by atoms with Gasteiger partial charge in [0.15, 0.2) is 0 Å². The molecule has 0 saturated carbocycles. The van der Waals surface area contributed by atoms with E-state index >= 15 is 0 Å². The molecule has 0 aromatic carbocycles. The number of hydrogen-bond acceptors (Lipinski definition) is 4. The van der Waals surface area contributed by atoms with Gasteiger partial charge in [-0.3, -0.25) is 9.78 Å². The summed E-state index contributed by atoms with van der Waals surface area (Å²) in [5, 5.41) is 14.2. The first-order valence-electron chi connectivity index (χ1n) is 7.11. The summed E-state index contributed by atoms with van der Waals surface area (Å²) >= 11 is 1.60. The fourth-order valence-electron chi connectivity index (χ4n) is 2.82. The number of nitrogens with zero attached hydrogens (tertiary/aromatic N) is 2. The molecule has 0 unspecified atom stereocenters. The molecule has 0 bridgehead atoms. The van der Waals surface area contributed by atoms with Crippen LogP contribution in [0, 0.1) is 0 Å². The molecule has 110 valence electrons. The lowest BCUT2D eigenvalue weighted by atomic mass is 10.0. The number of aromatic nitrogens is 1. The van der Waals surface area contributed by atoms with Crippen LogP contribution in [0.4, 0.5) is 0 Å². The van der Waals surface area contributed by atoms with E-state index in [0.717, 1.165) is 11.1 Å². The van der Waals surface area contributed by atoms with Crippen molar-refractivity contribution in [2.45, 2.75) is 31.4 Å². The molecule has 1 fully saturated rings. The van der Waals surface area contributed by atoms with Crippen LogP contribution < -0.4 is 0 Å². The highest BCUT2D eigenvalue weighted by atomic mass is 32.1. The van der Waals surface area contributed by atoms with Crippen LogP contribution in [-0.2, 0) is 17.6 Å². The van der Waals surface area contributed by atoms with Crippen LogP contribution in [0.15, 0.2) is 41.4 Å². The van der Waals surface area contributed by atoms with Crippen LogP contribution in [0.1, 0.15) is 17.5 Å².